The Kier molecular flexibility index (Phi) is 15.1. The van der Waals surface area contributed by atoms with E-state index < -0.39 is 175 Å². The van der Waals surface area contributed by atoms with E-state index in [1.807, 2.05) is 20.8 Å². The molecule has 0 aromatic heterocycles. The normalized spacial score (nSPS) is 52.9. The summed E-state index contributed by atoms with van der Waals surface area (Å²) in [5.41, 5.74) is -5.04. The molecular weight excluding hydrogens is 868 g/mol. The Bertz CT molecular complexity index is 1700. The molecule has 4 aliphatic carbocycles. The number of hydrogen-bond donors (Lipinski definition) is 13. The number of hydrogen-bond acceptors (Lipinski definition) is 19. The van der Waals surface area contributed by atoms with Crippen molar-refractivity contribution in [1.82, 2.24) is 0 Å². The summed E-state index contributed by atoms with van der Waals surface area (Å²) in [6.07, 6.45) is -17.6. The van der Waals surface area contributed by atoms with Gasteiger partial charge in [0.2, 0.25) is 0 Å². The van der Waals surface area contributed by atoms with Gasteiger partial charge in [-0.05, 0) is 111 Å². The lowest BCUT2D eigenvalue weighted by atomic mass is 9.34. The molecule has 382 valence electrons. The lowest BCUT2D eigenvalue weighted by molar-refractivity contribution is -0.377. The van der Waals surface area contributed by atoms with Crippen LogP contribution in [0.5, 0.6) is 0 Å². The zero-order chi connectivity index (χ0) is 48.9. The molecule has 0 aromatic rings. The smallest absolute Gasteiger partial charge is 0.187 e. The second kappa shape index (κ2) is 18.9. The molecule has 7 rings (SSSR count). The Hall–Kier alpha value is -1.02. The van der Waals surface area contributed by atoms with Crippen LogP contribution in [0.2, 0.25) is 0 Å². The minimum atomic E-state index is -1.75. The van der Waals surface area contributed by atoms with Gasteiger partial charge in [0.25, 0.3) is 0 Å². The minimum absolute atomic E-state index is 0.125. The molecule has 7 aliphatic rings. The summed E-state index contributed by atoms with van der Waals surface area (Å²) in [7, 11) is 0. The third kappa shape index (κ3) is 8.89. The quantitative estimate of drug-likeness (QED) is 0.0787. The van der Waals surface area contributed by atoms with Crippen molar-refractivity contribution in [3.63, 3.8) is 0 Å². The predicted octanol–water partition coefficient (Wildman–Crippen LogP) is -1.45. The topological polar surface area (TPSA) is 318 Å². The maximum absolute atomic E-state index is 12.7. The maximum atomic E-state index is 12.7. The van der Waals surface area contributed by atoms with Crippen LogP contribution in [0.1, 0.15) is 100 Å². The summed E-state index contributed by atoms with van der Waals surface area (Å²) in [5.74, 6) is -1.38. The summed E-state index contributed by atoms with van der Waals surface area (Å²) in [6.45, 7) is 13.9. The van der Waals surface area contributed by atoms with Crippen LogP contribution in [0, 0.1) is 45.3 Å². The lowest BCUT2D eigenvalue weighted by Gasteiger charge is -2.72. The van der Waals surface area contributed by atoms with Gasteiger partial charge in [-0.1, -0.05) is 46.8 Å². The standard InChI is InChI=1S/C47H80O19/c1-42(2,60)12-9-13-47(8,66-40-36(59)33(56)31(54)25(18-48)63-40)21-10-15-45(6)29(21)22(50)16-27-44(5)14-11-28(52)43(3,4)38(44)24(17-46(27,45)7)62-41-37(34(57)32(55)26(19-49)64-41)65-39-35(58)30(53)23(51)20-61-39/h9,12,21-41,48-60H,10-11,13-20H2,1-8H3/b12-9+/t21-,22-,23-,24+,25-,26-,27-,28-,29-,30+,31+,32-,33+,34-,35-,36-,37-,38-,39-,40-,41-,44+,45-,46+,47+/m1/s1. The third-order valence-corrected chi connectivity index (χ3v) is 18.2. The number of fused-ring (bicyclic) bond motifs is 5. The molecule has 0 aromatic carbocycles. The van der Waals surface area contributed by atoms with Crippen LogP contribution in [0.15, 0.2) is 12.2 Å². The van der Waals surface area contributed by atoms with Gasteiger partial charge in [-0.25, -0.2) is 0 Å². The zero-order valence-electron chi connectivity index (χ0n) is 39.6. The van der Waals surface area contributed by atoms with E-state index in [1.165, 1.54) is 0 Å². The van der Waals surface area contributed by atoms with Crippen molar-refractivity contribution in [2.24, 2.45) is 45.3 Å². The fourth-order valence-electron chi connectivity index (χ4n) is 14.5. The van der Waals surface area contributed by atoms with E-state index in [0.29, 0.717) is 38.5 Å². The van der Waals surface area contributed by atoms with E-state index in [4.69, 9.17) is 28.4 Å². The molecule has 13 N–H and O–H groups in total. The molecule has 3 saturated heterocycles. The molecular formula is C47H80O19. The molecule has 4 saturated carbocycles. The molecule has 0 radical (unpaired) electrons. The first-order valence-electron chi connectivity index (χ1n) is 23.9. The molecule has 19 nitrogen and oxygen atoms in total. The van der Waals surface area contributed by atoms with Gasteiger partial charge in [-0.3, -0.25) is 0 Å². The van der Waals surface area contributed by atoms with Gasteiger partial charge in [-0.15, -0.1) is 0 Å². The van der Waals surface area contributed by atoms with Crippen molar-refractivity contribution in [2.45, 2.75) is 216 Å². The van der Waals surface area contributed by atoms with Crippen LogP contribution in [0.25, 0.3) is 0 Å². The Morgan fingerprint density at radius 2 is 1.27 bits per heavy atom. The fourth-order valence-corrected chi connectivity index (χ4v) is 14.5. The molecule has 0 bridgehead atoms. The first-order valence-corrected chi connectivity index (χ1v) is 23.9. The van der Waals surface area contributed by atoms with E-state index >= 15 is 0 Å². The van der Waals surface area contributed by atoms with Gasteiger partial charge in [0, 0.05) is 0 Å². The van der Waals surface area contributed by atoms with Crippen molar-refractivity contribution >= 4 is 0 Å². The molecule has 0 amide bonds. The number of ether oxygens (including phenoxy) is 6. The van der Waals surface area contributed by atoms with Gasteiger partial charge in [0.1, 0.15) is 67.1 Å². The molecule has 0 spiro atoms. The summed E-state index contributed by atoms with van der Waals surface area (Å²) in [4.78, 5) is 0. The molecule has 7 fully saturated rings. The first kappa shape index (κ1) is 52.8. The van der Waals surface area contributed by atoms with Gasteiger partial charge < -0.3 is 94.8 Å². The van der Waals surface area contributed by atoms with Crippen molar-refractivity contribution < 1.29 is 94.8 Å². The van der Waals surface area contributed by atoms with Crippen molar-refractivity contribution in [3.8, 4) is 0 Å². The van der Waals surface area contributed by atoms with Gasteiger partial charge in [0.05, 0.1) is 49.3 Å². The second-order valence-corrected chi connectivity index (χ2v) is 23.0. The highest BCUT2D eigenvalue weighted by Crippen LogP contribution is 2.76. The van der Waals surface area contributed by atoms with Crippen LogP contribution >= 0.6 is 0 Å². The Morgan fingerprint density at radius 1 is 0.667 bits per heavy atom. The molecule has 3 aliphatic heterocycles. The minimum Gasteiger partial charge on any atom is -0.394 e. The van der Waals surface area contributed by atoms with E-state index in [9.17, 15) is 66.4 Å². The van der Waals surface area contributed by atoms with Crippen LogP contribution in [0.3, 0.4) is 0 Å². The van der Waals surface area contributed by atoms with E-state index in [1.54, 1.807) is 26.0 Å². The number of rotatable bonds is 12. The van der Waals surface area contributed by atoms with E-state index in [0.717, 1.165) is 0 Å². The first-order chi connectivity index (χ1) is 30.6. The van der Waals surface area contributed by atoms with Gasteiger partial charge >= 0.3 is 0 Å². The van der Waals surface area contributed by atoms with Gasteiger partial charge in [-0.2, -0.15) is 0 Å². The van der Waals surface area contributed by atoms with Crippen LogP contribution in [-0.2, 0) is 28.4 Å². The Morgan fingerprint density at radius 3 is 1.89 bits per heavy atom. The summed E-state index contributed by atoms with van der Waals surface area (Å²) in [5, 5.41) is 142. The second-order valence-electron chi connectivity index (χ2n) is 23.0. The zero-order valence-corrected chi connectivity index (χ0v) is 39.6. The van der Waals surface area contributed by atoms with Crippen LogP contribution in [-0.4, -0.2) is 202 Å². The highest BCUT2D eigenvalue weighted by molar-refractivity contribution is 5.22. The predicted molar refractivity (Wildman–Crippen MR) is 230 cm³/mol. The fraction of sp³-hybridized carbons (Fsp3) is 0.957. The number of aliphatic hydroxyl groups is 13. The molecule has 0 unspecified atom stereocenters. The Balaban J connectivity index is 1.27. The average Bonchev–Trinajstić information content (AvgIpc) is 3.63. The lowest BCUT2D eigenvalue weighted by Crippen LogP contribution is -2.71. The summed E-state index contributed by atoms with van der Waals surface area (Å²) in [6, 6.07) is 0. The summed E-state index contributed by atoms with van der Waals surface area (Å²) < 4.78 is 37.6. The molecule has 19 heteroatoms. The highest BCUT2D eigenvalue weighted by atomic mass is 16.8. The van der Waals surface area contributed by atoms with Crippen molar-refractivity contribution in [3.05, 3.63) is 12.2 Å². The molecule has 3 heterocycles. The monoisotopic (exact) mass is 949 g/mol. The SMILES string of the molecule is CC(C)(O)/C=C/C[C@](C)(O[C@H]1O[C@H](CO)[C@H](O)[C@H](O)[C@H]1O)[C@@H]1CC[C@]2(C)[C@H]1[C@H](O)C[C@@H]1[C@]3(C)CC[C@@H](O)C(C)(C)[C@H]3[C@@H](O[C@@H]3O[C@H](CO)[C@@H](O)[C@@H](O)[C@H]3O[C@H]3OC[C@@H](O)[C@H](O)[C@H]3O)C[C@@]12C. The van der Waals surface area contributed by atoms with E-state index in [2.05, 4.69) is 20.8 Å². The van der Waals surface area contributed by atoms with Crippen molar-refractivity contribution in [1.29, 1.82) is 0 Å². The molecule has 66 heavy (non-hydrogen) atoms. The van der Waals surface area contributed by atoms with Gasteiger partial charge in [0.15, 0.2) is 18.9 Å². The average molecular weight is 949 g/mol. The summed E-state index contributed by atoms with van der Waals surface area (Å²) >= 11 is 0. The Labute approximate surface area is 387 Å². The van der Waals surface area contributed by atoms with Crippen LogP contribution in [0.4, 0.5) is 0 Å². The van der Waals surface area contributed by atoms with E-state index in [-0.39, 0.29) is 12.3 Å². The largest absolute Gasteiger partial charge is 0.394 e. The number of aliphatic hydroxyl groups excluding tert-OH is 12. The highest BCUT2D eigenvalue weighted by Gasteiger charge is 2.74. The van der Waals surface area contributed by atoms with Crippen LogP contribution < -0.4 is 0 Å². The third-order valence-electron chi connectivity index (χ3n) is 18.2. The van der Waals surface area contributed by atoms with Crippen molar-refractivity contribution in [2.75, 3.05) is 19.8 Å². The maximum Gasteiger partial charge on any atom is 0.187 e. The molecule has 25 atom stereocenters.